The van der Waals surface area contributed by atoms with Crippen molar-refractivity contribution < 1.29 is 19.0 Å². The minimum absolute atomic E-state index is 0.0574. The predicted molar refractivity (Wildman–Crippen MR) is 133 cm³/mol. The number of carbonyl (C=O) groups is 1. The lowest BCUT2D eigenvalue weighted by Gasteiger charge is -2.38. The van der Waals surface area contributed by atoms with E-state index in [1.807, 2.05) is 18.2 Å². The van der Waals surface area contributed by atoms with Crippen molar-refractivity contribution in [3.8, 4) is 17.6 Å². The van der Waals surface area contributed by atoms with E-state index < -0.39 is 17.6 Å². The van der Waals surface area contributed by atoms with Crippen molar-refractivity contribution in [2.45, 2.75) is 31.9 Å². The molecule has 0 aliphatic carbocycles. The average Bonchev–Trinajstić information content (AvgIpc) is 2.88. The molecule has 0 spiro atoms. The van der Waals surface area contributed by atoms with Gasteiger partial charge in [0.1, 0.15) is 17.6 Å². The third kappa shape index (κ3) is 5.72. The third-order valence-electron chi connectivity index (χ3n) is 6.71. The van der Waals surface area contributed by atoms with Crippen LogP contribution in [0.25, 0.3) is 10.9 Å². The molecule has 182 valence electrons. The molecule has 1 aliphatic heterocycles. The van der Waals surface area contributed by atoms with Crippen molar-refractivity contribution in [1.82, 2.24) is 14.9 Å². The van der Waals surface area contributed by atoms with Gasteiger partial charge in [0.2, 0.25) is 0 Å². The van der Waals surface area contributed by atoms with Gasteiger partial charge >= 0.3 is 5.97 Å². The van der Waals surface area contributed by atoms with Crippen molar-refractivity contribution in [3.05, 3.63) is 65.1 Å². The summed E-state index contributed by atoms with van der Waals surface area (Å²) in [5, 5.41) is 10.9. The van der Waals surface area contributed by atoms with E-state index in [0.717, 1.165) is 0 Å². The molecule has 2 aromatic heterocycles. The summed E-state index contributed by atoms with van der Waals surface area (Å²) in [6.07, 6.45) is 2.89. The van der Waals surface area contributed by atoms with Crippen LogP contribution in [0, 0.1) is 17.3 Å². The van der Waals surface area contributed by atoms with Gasteiger partial charge in [-0.25, -0.2) is 9.37 Å². The number of fused-ring (bicyclic) bond motifs is 1. The number of nitrogens with zero attached hydrogens (tertiary/aromatic N) is 3. The maximum absolute atomic E-state index is 15.6. The van der Waals surface area contributed by atoms with E-state index in [-0.39, 0.29) is 17.9 Å². The SMILES string of the molecule is COc1ccc2ncc(Cl)c([C@H](F)CCC3(C(=O)O)CCN(CC#Cc4ccccn4)CC3)c2c1. The van der Waals surface area contributed by atoms with E-state index in [0.29, 0.717) is 60.4 Å². The zero-order valence-electron chi connectivity index (χ0n) is 19.5. The molecule has 35 heavy (non-hydrogen) atoms. The molecule has 3 aromatic rings. The molecule has 1 aromatic carbocycles. The minimum Gasteiger partial charge on any atom is -0.497 e. The van der Waals surface area contributed by atoms with Crippen molar-refractivity contribution in [1.29, 1.82) is 0 Å². The maximum atomic E-state index is 15.6. The lowest BCUT2D eigenvalue weighted by Crippen LogP contribution is -2.44. The van der Waals surface area contributed by atoms with Crippen LogP contribution in [0.3, 0.4) is 0 Å². The number of aliphatic carboxylic acids is 1. The number of likely N-dealkylation sites (tertiary alicyclic amines) is 1. The monoisotopic (exact) mass is 495 g/mol. The highest BCUT2D eigenvalue weighted by Gasteiger charge is 2.41. The van der Waals surface area contributed by atoms with Crippen molar-refractivity contribution in [2.75, 3.05) is 26.7 Å². The van der Waals surface area contributed by atoms with Gasteiger partial charge in [0, 0.05) is 36.4 Å². The van der Waals surface area contributed by atoms with Crippen LogP contribution in [0.1, 0.15) is 43.1 Å². The Kier molecular flexibility index (Phi) is 7.84. The number of piperidine rings is 1. The first-order valence-corrected chi connectivity index (χ1v) is 11.9. The molecule has 0 radical (unpaired) electrons. The minimum atomic E-state index is -1.42. The second kappa shape index (κ2) is 11.0. The Labute approximate surface area is 209 Å². The highest BCUT2D eigenvalue weighted by atomic mass is 35.5. The molecule has 0 bridgehead atoms. The van der Waals surface area contributed by atoms with Crippen LogP contribution in [-0.2, 0) is 4.79 Å². The number of hydrogen-bond acceptors (Lipinski definition) is 5. The van der Waals surface area contributed by atoms with E-state index in [4.69, 9.17) is 16.3 Å². The third-order valence-corrected chi connectivity index (χ3v) is 7.01. The lowest BCUT2D eigenvalue weighted by atomic mass is 9.74. The Bertz CT molecular complexity index is 1250. The van der Waals surface area contributed by atoms with Crippen molar-refractivity contribution in [2.24, 2.45) is 5.41 Å². The largest absolute Gasteiger partial charge is 0.497 e. The topological polar surface area (TPSA) is 75.6 Å². The lowest BCUT2D eigenvalue weighted by molar-refractivity contribution is -0.152. The van der Waals surface area contributed by atoms with Crippen LogP contribution in [0.15, 0.2) is 48.8 Å². The number of benzene rings is 1. The summed E-state index contributed by atoms with van der Waals surface area (Å²) >= 11 is 6.34. The van der Waals surface area contributed by atoms with Gasteiger partial charge in [-0.1, -0.05) is 23.6 Å². The van der Waals surface area contributed by atoms with Crippen LogP contribution >= 0.6 is 11.6 Å². The zero-order valence-corrected chi connectivity index (χ0v) is 20.3. The van der Waals surface area contributed by atoms with Crippen molar-refractivity contribution >= 4 is 28.5 Å². The number of halogens is 2. The van der Waals surface area contributed by atoms with Gasteiger partial charge < -0.3 is 9.84 Å². The van der Waals surface area contributed by atoms with Gasteiger partial charge in [0.05, 0.1) is 29.6 Å². The molecule has 1 fully saturated rings. The number of carboxylic acids is 1. The number of aromatic nitrogens is 2. The number of carboxylic acid groups (broad SMARTS) is 1. The van der Waals surface area contributed by atoms with Gasteiger partial charge in [0.15, 0.2) is 0 Å². The first kappa shape index (κ1) is 24.9. The summed E-state index contributed by atoms with van der Waals surface area (Å²) in [5.41, 5.74) is 0.681. The number of rotatable bonds is 7. The van der Waals surface area contributed by atoms with Crippen LogP contribution < -0.4 is 4.74 Å². The summed E-state index contributed by atoms with van der Waals surface area (Å²) in [4.78, 5) is 22.8. The summed E-state index contributed by atoms with van der Waals surface area (Å²) in [6, 6.07) is 10.8. The fourth-order valence-corrected chi connectivity index (χ4v) is 4.82. The molecule has 3 heterocycles. The normalized spacial score (nSPS) is 16.3. The van der Waals surface area contributed by atoms with E-state index >= 15 is 4.39 Å². The molecule has 1 atom stereocenters. The van der Waals surface area contributed by atoms with Crippen LogP contribution in [-0.4, -0.2) is 52.7 Å². The van der Waals surface area contributed by atoms with E-state index in [1.54, 1.807) is 31.5 Å². The Morgan fingerprint density at radius 2 is 2.09 bits per heavy atom. The van der Waals surface area contributed by atoms with Crippen LogP contribution in [0.5, 0.6) is 5.75 Å². The van der Waals surface area contributed by atoms with E-state index in [2.05, 4.69) is 26.7 Å². The Hall–Kier alpha value is -3.21. The number of alkyl halides is 1. The predicted octanol–water partition coefficient (Wildman–Crippen LogP) is 5.30. The second-order valence-electron chi connectivity index (χ2n) is 8.79. The smallest absolute Gasteiger partial charge is 0.309 e. The molecule has 0 amide bonds. The molecule has 0 saturated carbocycles. The first-order chi connectivity index (χ1) is 16.9. The van der Waals surface area contributed by atoms with E-state index in [1.165, 1.54) is 6.20 Å². The second-order valence-corrected chi connectivity index (χ2v) is 9.19. The highest BCUT2D eigenvalue weighted by Crippen LogP contribution is 2.42. The fourth-order valence-electron chi connectivity index (χ4n) is 4.55. The number of hydrogen-bond donors (Lipinski definition) is 1. The van der Waals surface area contributed by atoms with Gasteiger partial charge in [-0.2, -0.15) is 0 Å². The van der Waals surface area contributed by atoms with Crippen LogP contribution in [0.2, 0.25) is 5.02 Å². The number of pyridine rings is 2. The Morgan fingerprint density at radius 1 is 1.29 bits per heavy atom. The van der Waals surface area contributed by atoms with Crippen molar-refractivity contribution in [3.63, 3.8) is 0 Å². The zero-order chi connectivity index (χ0) is 24.8. The van der Waals surface area contributed by atoms with Gasteiger partial charge in [0.25, 0.3) is 0 Å². The molecule has 0 unspecified atom stereocenters. The molecule has 1 N–H and O–H groups in total. The summed E-state index contributed by atoms with van der Waals surface area (Å²) < 4.78 is 20.8. The molecule has 1 aliphatic rings. The summed E-state index contributed by atoms with van der Waals surface area (Å²) in [5.74, 6) is 5.83. The molecule has 8 heteroatoms. The standard InChI is InChI=1S/C27H27ClFN3O3/c1-35-20-7-8-24-21(17-20)25(22(28)18-31-24)23(29)9-10-27(26(33)34)11-15-32(16-12-27)14-4-6-19-5-2-3-13-30-19/h2-3,5,7-8,13,17-18,23H,9-12,14-16H2,1H3,(H,33,34)/t23-/m1/s1. The Balaban J connectivity index is 1.42. The fraction of sp³-hybridized carbons (Fsp3) is 0.370. The highest BCUT2D eigenvalue weighted by molar-refractivity contribution is 6.32. The average molecular weight is 496 g/mol. The molecular formula is C27H27ClFN3O3. The van der Waals surface area contributed by atoms with Gasteiger partial charge in [-0.15, -0.1) is 0 Å². The number of ether oxygens (including phenoxy) is 1. The van der Waals surface area contributed by atoms with Gasteiger partial charge in [-0.3, -0.25) is 14.7 Å². The quantitative estimate of drug-likeness (QED) is 0.448. The first-order valence-electron chi connectivity index (χ1n) is 11.5. The molecule has 1 saturated heterocycles. The number of methoxy groups -OCH3 is 1. The maximum Gasteiger partial charge on any atom is 0.309 e. The summed E-state index contributed by atoms with van der Waals surface area (Å²) in [6.45, 7) is 1.73. The van der Waals surface area contributed by atoms with Crippen LogP contribution in [0.4, 0.5) is 4.39 Å². The Morgan fingerprint density at radius 3 is 2.77 bits per heavy atom. The molecule has 4 rings (SSSR count). The molecule has 6 nitrogen and oxygen atoms in total. The van der Waals surface area contributed by atoms with Gasteiger partial charge in [-0.05, 0) is 61.9 Å². The summed E-state index contributed by atoms with van der Waals surface area (Å²) in [7, 11) is 1.54. The molecular weight excluding hydrogens is 469 g/mol. The van der Waals surface area contributed by atoms with E-state index in [9.17, 15) is 9.90 Å².